The van der Waals surface area contributed by atoms with Crippen LogP contribution >= 0.6 is 0 Å². The van der Waals surface area contributed by atoms with Crippen LogP contribution in [0.5, 0.6) is 5.75 Å². The number of anilines is 2. The number of halogens is 1. The van der Waals surface area contributed by atoms with Gasteiger partial charge in [-0.25, -0.2) is 4.39 Å². The summed E-state index contributed by atoms with van der Waals surface area (Å²) in [6, 6.07) is 12.6. The van der Waals surface area contributed by atoms with Crippen LogP contribution in [0.25, 0.3) is 0 Å². The van der Waals surface area contributed by atoms with E-state index in [0.29, 0.717) is 23.5 Å². The number of nitrogen functional groups attached to an aromatic ring is 1. The van der Waals surface area contributed by atoms with Crippen molar-refractivity contribution in [2.24, 2.45) is 0 Å². The van der Waals surface area contributed by atoms with E-state index in [1.807, 2.05) is 24.3 Å². The highest BCUT2D eigenvalue weighted by Gasteiger charge is 2.12. The lowest BCUT2D eigenvalue weighted by atomic mass is 10.1. The number of hydrogen-bond donors (Lipinski definition) is 1. The molecule has 0 atom stereocenters. The molecule has 0 aliphatic carbocycles. The number of rotatable bonds is 6. The quantitative estimate of drug-likeness (QED) is 0.821. The molecule has 0 unspecified atom stereocenters. The van der Waals surface area contributed by atoms with Crippen molar-refractivity contribution in [2.75, 3.05) is 24.3 Å². The maximum absolute atomic E-state index is 14.1. The number of hydrogen-bond acceptors (Lipinski definition) is 3. The Kier molecular flexibility index (Phi) is 5.04. The van der Waals surface area contributed by atoms with Gasteiger partial charge >= 0.3 is 0 Å². The molecule has 4 heteroatoms. The van der Waals surface area contributed by atoms with Gasteiger partial charge in [0.05, 0.1) is 18.5 Å². The first-order valence-electron chi connectivity index (χ1n) is 7.07. The largest absolute Gasteiger partial charge is 0.497 e. The molecule has 0 spiro atoms. The molecule has 0 saturated heterocycles. The van der Waals surface area contributed by atoms with Crippen LogP contribution in [-0.4, -0.2) is 13.7 Å². The summed E-state index contributed by atoms with van der Waals surface area (Å²) in [5, 5.41) is 0. The standard InChI is InChI=1S/C17H21FN2O/c1-3-10-20(17-7-5-4-6-16(17)19)12-13-8-9-14(21-2)11-15(13)18/h4-9,11H,3,10,12,19H2,1-2H3. The van der Waals surface area contributed by atoms with Gasteiger partial charge in [-0.05, 0) is 24.6 Å². The second-order valence-corrected chi connectivity index (χ2v) is 4.94. The maximum Gasteiger partial charge on any atom is 0.131 e. The number of nitrogens with two attached hydrogens (primary N) is 1. The number of para-hydroxylation sites is 2. The predicted molar refractivity (Wildman–Crippen MR) is 85.1 cm³/mol. The molecule has 0 fully saturated rings. The zero-order valence-electron chi connectivity index (χ0n) is 12.5. The summed E-state index contributed by atoms with van der Waals surface area (Å²) in [6.07, 6.45) is 0.964. The summed E-state index contributed by atoms with van der Waals surface area (Å²) < 4.78 is 19.1. The van der Waals surface area contributed by atoms with E-state index < -0.39 is 0 Å². The Bertz CT molecular complexity index is 601. The van der Waals surface area contributed by atoms with Crippen LogP contribution < -0.4 is 15.4 Å². The van der Waals surface area contributed by atoms with Crippen molar-refractivity contribution in [3.05, 3.63) is 53.8 Å². The molecule has 0 bridgehead atoms. The monoisotopic (exact) mass is 288 g/mol. The molecule has 0 amide bonds. The Morgan fingerprint density at radius 2 is 1.95 bits per heavy atom. The van der Waals surface area contributed by atoms with E-state index in [1.165, 1.54) is 13.2 Å². The Morgan fingerprint density at radius 3 is 2.57 bits per heavy atom. The van der Waals surface area contributed by atoms with Gasteiger partial charge in [0.1, 0.15) is 11.6 Å². The summed E-state index contributed by atoms with van der Waals surface area (Å²) in [6.45, 7) is 3.40. The Labute approximate surface area is 125 Å². The molecule has 0 aromatic heterocycles. The van der Waals surface area contributed by atoms with Gasteiger partial charge < -0.3 is 15.4 Å². The molecule has 21 heavy (non-hydrogen) atoms. The summed E-state index contributed by atoms with van der Waals surface area (Å²) in [5.74, 6) is 0.266. The number of ether oxygens (including phenoxy) is 1. The number of benzene rings is 2. The zero-order chi connectivity index (χ0) is 15.2. The van der Waals surface area contributed by atoms with Crippen LogP contribution in [0, 0.1) is 5.82 Å². The van der Waals surface area contributed by atoms with Crippen molar-refractivity contribution in [1.29, 1.82) is 0 Å². The third-order valence-corrected chi connectivity index (χ3v) is 3.39. The van der Waals surface area contributed by atoms with Gasteiger partial charge in [-0.1, -0.05) is 25.1 Å². The molecule has 0 aliphatic rings. The molecular weight excluding hydrogens is 267 g/mol. The molecular formula is C17H21FN2O. The molecule has 0 heterocycles. The highest BCUT2D eigenvalue weighted by Crippen LogP contribution is 2.26. The Hall–Kier alpha value is -2.23. The lowest BCUT2D eigenvalue weighted by molar-refractivity contribution is 0.410. The average molecular weight is 288 g/mol. The van der Waals surface area contributed by atoms with Crippen molar-refractivity contribution in [1.82, 2.24) is 0 Å². The van der Waals surface area contributed by atoms with Crippen LogP contribution in [-0.2, 0) is 6.54 Å². The van der Waals surface area contributed by atoms with Gasteiger partial charge in [0, 0.05) is 24.7 Å². The van der Waals surface area contributed by atoms with Crippen molar-refractivity contribution < 1.29 is 9.13 Å². The minimum atomic E-state index is -0.259. The van der Waals surface area contributed by atoms with Crippen LogP contribution in [0.2, 0.25) is 0 Å². The highest BCUT2D eigenvalue weighted by atomic mass is 19.1. The van der Waals surface area contributed by atoms with E-state index in [2.05, 4.69) is 11.8 Å². The van der Waals surface area contributed by atoms with Crippen LogP contribution in [0.15, 0.2) is 42.5 Å². The molecule has 0 radical (unpaired) electrons. The van der Waals surface area contributed by atoms with Gasteiger partial charge in [0.15, 0.2) is 0 Å². The second-order valence-electron chi connectivity index (χ2n) is 4.94. The first-order chi connectivity index (χ1) is 10.2. The number of nitrogens with zero attached hydrogens (tertiary/aromatic N) is 1. The molecule has 2 N–H and O–H groups in total. The fourth-order valence-corrected chi connectivity index (χ4v) is 2.32. The summed E-state index contributed by atoms with van der Waals surface area (Å²) in [5.41, 5.74) is 8.31. The lowest BCUT2D eigenvalue weighted by Gasteiger charge is -2.26. The molecule has 2 aromatic carbocycles. The van der Waals surface area contributed by atoms with Gasteiger partial charge in [0.2, 0.25) is 0 Å². The number of methoxy groups -OCH3 is 1. The topological polar surface area (TPSA) is 38.5 Å². The minimum Gasteiger partial charge on any atom is -0.497 e. The maximum atomic E-state index is 14.1. The van der Waals surface area contributed by atoms with Crippen molar-refractivity contribution in [3.8, 4) is 5.75 Å². The summed E-state index contributed by atoms with van der Waals surface area (Å²) >= 11 is 0. The van der Waals surface area contributed by atoms with Gasteiger partial charge in [-0.2, -0.15) is 0 Å². The van der Waals surface area contributed by atoms with Crippen molar-refractivity contribution >= 4 is 11.4 Å². The fourth-order valence-electron chi connectivity index (χ4n) is 2.32. The van der Waals surface area contributed by atoms with Crippen LogP contribution in [0.3, 0.4) is 0 Å². The first-order valence-corrected chi connectivity index (χ1v) is 7.07. The highest BCUT2D eigenvalue weighted by molar-refractivity contribution is 5.67. The Morgan fingerprint density at radius 1 is 1.19 bits per heavy atom. The van der Waals surface area contributed by atoms with E-state index in [4.69, 9.17) is 10.5 Å². The molecule has 2 aromatic rings. The molecule has 112 valence electrons. The van der Waals surface area contributed by atoms with Gasteiger partial charge in [-0.3, -0.25) is 0 Å². The summed E-state index contributed by atoms with van der Waals surface area (Å²) in [7, 11) is 1.53. The fraction of sp³-hybridized carbons (Fsp3) is 0.294. The second kappa shape index (κ2) is 6.97. The van der Waals surface area contributed by atoms with E-state index in [9.17, 15) is 4.39 Å². The SMILES string of the molecule is CCCN(Cc1ccc(OC)cc1F)c1ccccc1N. The van der Waals surface area contributed by atoms with E-state index in [0.717, 1.165) is 18.7 Å². The normalized spacial score (nSPS) is 10.4. The first kappa shape index (κ1) is 15.2. The van der Waals surface area contributed by atoms with Crippen LogP contribution in [0.4, 0.5) is 15.8 Å². The van der Waals surface area contributed by atoms with Gasteiger partial charge in [0.25, 0.3) is 0 Å². The molecule has 0 saturated carbocycles. The van der Waals surface area contributed by atoms with Crippen molar-refractivity contribution in [2.45, 2.75) is 19.9 Å². The zero-order valence-corrected chi connectivity index (χ0v) is 12.5. The molecule has 0 aliphatic heterocycles. The molecule has 2 rings (SSSR count). The van der Waals surface area contributed by atoms with Gasteiger partial charge in [-0.15, -0.1) is 0 Å². The molecule has 3 nitrogen and oxygen atoms in total. The van der Waals surface area contributed by atoms with Crippen LogP contribution in [0.1, 0.15) is 18.9 Å². The lowest BCUT2D eigenvalue weighted by Crippen LogP contribution is -2.25. The minimum absolute atomic E-state index is 0.259. The third kappa shape index (κ3) is 3.66. The Balaban J connectivity index is 2.26. The predicted octanol–water partition coefficient (Wildman–Crippen LogP) is 3.83. The van der Waals surface area contributed by atoms with E-state index >= 15 is 0 Å². The smallest absolute Gasteiger partial charge is 0.131 e. The summed E-state index contributed by atoms with van der Waals surface area (Å²) in [4.78, 5) is 2.10. The van der Waals surface area contributed by atoms with E-state index in [-0.39, 0.29) is 5.82 Å². The van der Waals surface area contributed by atoms with Crippen molar-refractivity contribution in [3.63, 3.8) is 0 Å². The third-order valence-electron chi connectivity index (χ3n) is 3.39. The average Bonchev–Trinajstić information content (AvgIpc) is 2.49. The van der Waals surface area contributed by atoms with E-state index in [1.54, 1.807) is 12.1 Å².